The van der Waals surface area contributed by atoms with Crippen LogP contribution in [0.1, 0.15) is 26.3 Å². The first-order valence-corrected chi connectivity index (χ1v) is 6.99. The fraction of sp³-hybridized carbons (Fsp3) is 0.400. The Morgan fingerprint density at radius 2 is 2.17 bits per heavy atom. The van der Waals surface area contributed by atoms with Crippen LogP contribution in [0.15, 0.2) is 18.5 Å². The Bertz CT molecular complexity index is 736. The number of aromatic nitrogens is 2. The van der Waals surface area contributed by atoms with Gasteiger partial charge in [-0.15, -0.1) is 0 Å². The van der Waals surface area contributed by atoms with Gasteiger partial charge in [0.2, 0.25) is 0 Å². The Kier molecular flexibility index (Phi) is 4.53. The summed E-state index contributed by atoms with van der Waals surface area (Å²) in [6.07, 6.45) is 1.76. The number of halogens is 1. The summed E-state index contributed by atoms with van der Waals surface area (Å²) in [5.41, 5.74) is 0.249. The molecule has 1 atom stereocenters. The van der Waals surface area contributed by atoms with Crippen molar-refractivity contribution < 1.29 is 23.8 Å². The van der Waals surface area contributed by atoms with Gasteiger partial charge in [0.25, 0.3) is 0 Å². The largest absolute Gasteiger partial charge is 0.480 e. The van der Waals surface area contributed by atoms with E-state index >= 15 is 0 Å². The second kappa shape index (κ2) is 6.23. The molecule has 2 aromatic heterocycles. The SMILES string of the molecule is CC(C)(C)OC(=O)NC(Cc1c[nH]c2ncc(F)cc12)C(=O)O. The molecular weight excluding hydrogens is 305 g/mol. The molecule has 0 spiro atoms. The van der Waals surface area contributed by atoms with Crippen molar-refractivity contribution in [3.63, 3.8) is 0 Å². The second-order valence-corrected chi connectivity index (χ2v) is 6.10. The van der Waals surface area contributed by atoms with Crippen LogP contribution >= 0.6 is 0 Å². The van der Waals surface area contributed by atoms with Crippen molar-refractivity contribution in [2.24, 2.45) is 0 Å². The molecule has 0 saturated heterocycles. The topological polar surface area (TPSA) is 104 Å². The maximum Gasteiger partial charge on any atom is 0.408 e. The molecule has 0 radical (unpaired) electrons. The summed E-state index contributed by atoms with van der Waals surface area (Å²) in [6, 6.07) is 0.0627. The maximum absolute atomic E-state index is 13.3. The third-order valence-electron chi connectivity index (χ3n) is 3.00. The lowest BCUT2D eigenvalue weighted by Gasteiger charge is -2.21. The van der Waals surface area contributed by atoms with Crippen molar-refractivity contribution in [1.82, 2.24) is 15.3 Å². The van der Waals surface area contributed by atoms with E-state index in [-0.39, 0.29) is 6.42 Å². The lowest BCUT2D eigenvalue weighted by atomic mass is 10.1. The molecule has 2 aromatic rings. The molecule has 3 N–H and O–H groups in total. The number of rotatable bonds is 4. The summed E-state index contributed by atoms with van der Waals surface area (Å²) in [7, 11) is 0. The fourth-order valence-electron chi connectivity index (χ4n) is 2.07. The first-order valence-electron chi connectivity index (χ1n) is 6.99. The standard InChI is InChI=1S/C15H18FN3O4/c1-15(2,3)23-14(22)19-11(13(20)21)4-8-6-17-12-10(8)5-9(16)7-18-12/h5-7,11H,4H2,1-3H3,(H,17,18)(H,19,22)(H,20,21). The van der Waals surface area contributed by atoms with Gasteiger partial charge < -0.3 is 20.1 Å². The van der Waals surface area contributed by atoms with Crippen LogP contribution in [0.3, 0.4) is 0 Å². The summed E-state index contributed by atoms with van der Waals surface area (Å²) < 4.78 is 18.4. The lowest BCUT2D eigenvalue weighted by Crippen LogP contribution is -2.44. The molecule has 124 valence electrons. The van der Waals surface area contributed by atoms with Crippen LogP contribution in [0.25, 0.3) is 11.0 Å². The minimum Gasteiger partial charge on any atom is -0.480 e. The summed E-state index contributed by atoms with van der Waals surface area (Å²) in [4.78, 5) is 29.8. The van der Waals surface area contributed by atoms with Gasteiger partial charge in [0.15, 0.2) is 0 Å². The van der Waals surface area contributed by atoms with Crippen molar-refractivity contribution >= 4 is 23.1 Å². The number of carboxylic acids is 1. The van der Waals surface area contributed by atoms with Gasteiger partial charge in [-0.25, -0.2) is 19.0 Å². The highest BCUT2D eigenvalue weighted by Crippen LogP contribution is 2.19. The third-order valence-corrected chi connectivity index (χ3v) is 3.00. The molecule has 8 heteroatoms. The first kappa shape index (κ1) is 16.7. The lowest BCUT2D eigenvalue weighted by molar-refractivity contribution is -0.139. The number of H-pyrrole nitrogens is 1. The van der Waals surface area contributed by atoms with Gasteiger partial charge in [-0.3, -0.25) is 0 Å². The number of aliphatic carboxylic acids is 1. The smallest absolute Gasteiger partial charge is 0.408 e. The molecule has 0 aliphatic heterocycles. The van der Waals surface area contributed by atoms with Crippen LogP contribution in [-0.4, -0.2) is 38.8 Å². The number of ether oxygens (including phenoxy) is 1. The van der Waals surface area contributed by atoms with Gasteiger partial charge in [0.1, 0.15) is 23.1 Å². The van der Waals surface area contributed by atoms with E-state index in [1.165, 1.54) is 6.07 Å². The number of carbonyl (C=O) groups is 2. The Morgan fingerprint density at radius 1 is 1.48 bits per heavy atom. The van der Waals surface area contributed by atoms with E-state index in [0.29, 0.717) is 16.6 Å². The average Bonchev–Trinajstić information content (AvgIpc) is 2.78. The van der Waals surface area contributed by atoms with Crippen LogP contribution in [-0.2, 0) is 16.0 Å². The highest BCUT2D eigenvalue weighted by Gasteiger charge is 2.25. The fourth-order valence-corrected chi connectivity index (χ4v) is 2.07. The van der Waals surface area contributed by atoms with Crippen LogP contribution in [0, 0.1) is 5.82 Å². The number of fused-ring (bicyclic) bond motifs is 1. The number of nitrogens with one attached hydrogen (secondary N) is 2. The molecule has 2 heterocycles. The number of carboxylic acid groups (broad SMARTS) is 1. The third kappa shape index (κ3) is 4.41. The molecule has 2 rings (SSSR count). The summed E-state index contributed by atoms with van der Waals surface area (Å²) in [5.74, 6) is -1.74. The van der Waals surface area contributed by atoms with Crippen molar-refractivity contribution in [2.45, 2.75) is 38.8 Å². The highest BCUT2D eigenvalue weighted by molar-refractivity contribution is 5.83. The van der Waals surface area contributed by atoms with Crippen molar-refractivity contribution in [3.8, 4) is 0 Å². The molecular formula is C15H18FN3O4. The van der Waals surface area contributed by atoms with Gasteiger partial charge in [-0.2, -0.15) is 0 Å². The summed E-state index contributed by atoms with van der Waals surface area (Å²) in [6.45, 7) is 5.03. The van der Waals surface area contributed by atoms with Gasteiger partial charge in [0, 0.05) is 18.0 Å². The summed E-state index contributed by atoms with van der Waals surface area (Å²) in [5, 5.41) is 12.1. The molecule has 1 unspecified atom stereocenters. The Labute approximate surface area is 131 Å². The Balaban J connectivity index is 2.17. The second-order valence-electron chi connectivity index (χ2n) is 6.10. The van der Waals surface area contributed by atoms with Gasteiger partial charge in [-0.05, 0) is 32.4 Å². The highest BCUT2D eigenvalue weighted by atomic mass is 19.1. The van der Waals surface area contributed by atoms with Crippen molar-refractivity contribution in [2.75, 3.05) is 0 Å². The predicted molar refractivity (Wildman–Crippen MR) is 80.5 cm³/mol. The molecule has 0 aliphatic rings. The van der Waals surface area contributed by atoms with E-state index in [1.807, 2.05) is 0 Å². The summed E-state index contributed by atoms with van der Waals surface area (Å²) >= 11 is 0. The number of nitrogens with zero attached hydrogens (tertiary/aromatic N) is 1. The zero-order valence-corrected chi connectivity index (χ0v) is 13.0. The molecule has 0 saturated carbocycles. The minimum atomic E-state index is -1.21. The van der Waals surface area contributed by atoms with Crippen LogP contribution in [0.2, 0.25) is 0 Å². The predicted octanol–water partition coefficient (Wildman–Crippen LogP) is 2.22. The molecule has 0 fully saturated rings. The van der Waals surface area contributed by atoms with E-state index in [0.717, 1.165) is 6.20 Å². The molecule has 23 heavy (non-hydrogen) atoms. The van der Waals surface area contributed by atoms with Gasteiger partial charge >= 0.3 is 12.1 Å². The Hall–Kier alpha value is -2.64. The quantitative estimate of drug-likeness (QED) is 0.800. The minimum absolute atomic E-state index is 0.0281. The molecule has 0 bridgehead atoms. The maximum atomic E-state index is 13.3. The molecule has 0 aromatic carbocycles. The van der Waals surface area contributed by atoms with E-state index in [2.05, 4.69) is 15.3 Å². The number of aromatic amines is 1. The van der Waals surface area contributed by atoms with Crippen LogP contribution in [0.4, 0.5) is 9.18 Å². The monoisotopic (exact) mass is 323 g/mol. The van der Waals surface area contributed by atoms with Crippen molar-refractivity contribution in [1.29, 1.82) is 0 Å². The van der Waals surface area contributed by atoms with Crippen LogP contribution in [0.5, 0.6) is 0 Å². The van der Waals surface area contributed by atoms with Crippen molar-refractivity contribution in [3.05, 3.63) is 29.8 Å². The van der Waals surface area contributed by atoms with E-state index in [4.69, 9.17) is 4.74 Å². The number of hydrogen-bond donors (Lipinski definition) is 3. The average molecular weight is 323 g/mol. The molecule has 0 aliphatic carbocycles. The van der Waals surface area contributed by atoms with Crippen LogP contribution < -0.4 is 5.32 Å². The molecule has 1 amide bonds. The Morgan fingerprint density at radius 3 is 2.78 bits per heavy atom. The number of pyridine rings is 1. The number of carbonyl (C=O) groups excluding carboxylic acids is 1. The number of hydrogen-bond acceptors (Lipinski definition) is 4. The van der Waals surface area contributed by atoms with Gasteiger partial charge in [0.05, 0.1) is 6.20 Å². The van der Waals surface area contributed by atoms with E-state index < -0.39 is 29.5 Å². The first-order chi connectivity index (χ1) is 10.7. The van der Waals surface area contributed by atoms with E-state index in [9.17, 15) is 19.1 Å². The number of amides is 1. The zero-order chi connectivity index (χ0) is 17.2. The zero-order valence-electron chi connectivity index (χ0n) is 13.0. The molecule has 7 nitrogen and oxygen atoms in total. The normalized spacial score (nSPS) is 12.9. The number of alkyl carbamates (subject to hydrolysis) is 1. The van der Waals surface area contributed by atoms with Gasteiger partial charge in [-0.1, -0.05) is 0 Å². The van der Waals surface area contributed by atoms with E-state index in [1.54, 1.807) is 27.0 Å².